The van der Waals surface area contributed by atoms with E-state index in [1.165, 1.54) is 0 Å². The Hall–Kier alpha value is -0.710. The van der Waals surface area contributed by atoms with Crippen LogP contribution in [0.15, 0.2) is 4.99 Å². The first kappa shape index (κ1) is 8.39. The summed E-state index contributed by atoms with van der Waals surface area (Å²) in [6, 6.07) is -0.554. The molecule has 0 saturated carbocycles. The maximum absolute atomic E-state index is 10.4. The highest BCUT2D eigenvalue weighted by molar-refractivity contribution is 7.98. The van der Waals surface area contributed by atoms with Crippen molar-refractivity contribution in [3.8, 4) is 0 Å². The molecule has 1 unspecified atom stereocenters. The van der Waals surface area contributed by atoms with E-state index in [0.29, 0.717) is 6.54 Å². The quantitative estimate of drug-likeness (QED) is 0.659. The number of thioether (sulfide) groups is 1. The predicted molar refractivity (Wildman–Crippen MR) is 45.0 cm³/mol. The largest absolute Gasteiger partial charge is 0.480 e. The zero-order valence-electron chi connectivity index (χ0n) is 6.23. The number of carboxylic acids is 1. The van der Waals surface area contributed by atoms with Crippen molar-refractivity contribution in [2.75, 3.05) is 18.7 Å². The highest BCUT2D eigenvalue weighted by atomic mass is 32.2. The molecular formula is C6H10N2O2S. The number of carbonyl (C=O) groups is 1. The van der Waals surface area contributed by atoms with Gasteiger partial charge in [-0.3, -0.25) is 4.99 Å². The monoisotopic (exact) mass is 174 g/mol. The lowest BCUT2D eigenvalue weighted by atomic mass is 10.3. The van der Waals surface area contributed by atoms with Crippen LogP contribution in [0.4, 0.5) is 0 Å². The molecule has 0 fully saturated rings. The zero-order chi connectivity index (χ0) is 8.27. The van der Waals surface area contributed by atoms with Crippen LogP contribution in [-0.4, -0.2) is 47.0 Å². The second-order valence-corrected chi connectivity index (χ2v) is 3.14. The fourth-order valence-corrected chi connectivity index (χ4v) is 1.39. The number of aliphatic carboxylic acids is 1. The molecule has 62 valence electrons. The Labute approximate surface area is 69.3 Å². The number of nitrogens with zero attached hydrogens (tertiary/aromatic N) is 2. The second-order valence-electron chi connectivity index (χ2n) is 2.31. The van der Waals surface area contributed by atoms with Crippen molar-refractivity contribution in [1.82, 2.24) is 4.90 Å². The van der Waals surface area contributed by atoms with Crippen LogP contribution >= 0.6 is 11.8 Å². The molecule has 4 nitrogen and oxygen atoms in total. The average Bonchev–Trinajstić information content (AvgIpc) is 2.37. The van der Waals surface area contributed by atoms with Gasteiger partial charge in [0.25, 0.3) is 0 Å². The fraction of sp³-hybridized carbons (Fsp3) is 0.667. The van der Waals surface area contributed by atoms with E-state index < -0.39 is 12.0 Å². The Kier molecular flexibility index (Phi) is 2.76. The van der Waals surface area contributed by atoms with Gasteiger partial charge in [-0.1, -0.05) is 0 Å². The van der Waals surface area contributed by atoms with Crippen molar-refractivity contribution >= 4 is 24.1 Å². The average molecular weight is 174 g/mol. The van der Waals surface area contributed by atoms with Crippen molar-refractivity contribution in [3.63, 3.8) is 0 Å². The first-order valence-electron chi connectivity index (χ1n) is 3.23. The first-order chi connectivity index (χ1) is 5.24. The number of rotatable bonds is 3. The molecule has 0 aromatic rings. The Balaban J connectivity index is 2.36. The summed E-state index contributed by atoms with van der Waals surface area (Å²) in [6.07, 6.45) is 3.58. The third kappa shape index (κ3) is 2.11. The van der Waals surface area contributed by atoms with E-state index in [9.17, 15) is 4.79 Å². The number of hydrogen-bond acceptors (Lipinski definition) is 4. The van der Waals surface area contributed by atoms with Crippen molar-refractivity contribution in [2.45, 2.75) is 6.04 Å². The van der Waals surface area contributed by atoms with Crippen LogP contribution in [-0.2, 0) is 4.79 Å². The Morgan fingerprint density at radius 1 is 2.00 bits per heavy atom. The van der Waals surface area contributed by atoms with Crippen LogP contribution in [0.25, 0.3) is 0 Å². The van der Waals surface area contributed by atoms with Crippen LogP contribution in [0, 0.1) is 0 Å². The topological polar surface area (TPSA) is 52.9 Å². The Morgan fingerprint density at radius 3 is 3.18 bits per heavy atom. The van der Waals surface area contributed by atoms with Gasteiger partial charge in [0.1, 0.15) is 0 Å². The summed E-state index contributed by atoms with van der Waals surface area (Å²) in [4.78, 5) is 16.1. The Bertz CT molecular complexity index is 183. The number of hydrogen-bond donors (Lipinski definition) is 1. The highest BCUT2D eigenvalue weighted by Gasteiger charge is 2.22. The van der Waals surface area contributed by atoms with Gasteiger partial charge >= 0.3 is 5.97 Å². The van der Waals surface area contributed by atoms with Gasteiger partial charge in [-0.15, -0.1) is 11.8 Å². The van der Waals surface area contributed by atoms with Gasteiger partial charge in [-0.2, -0.15) is 0 Å². The van der Waals surface area contributed by atoms with Gasteiger partial charge in [0.2, 0.25) is 0 Å². The summed E-state index contributed by atoms with van der Waals surface area (Å²) in [5, 5.41) is 8.55. The lowest BCUT2D eigenvalue weighted by Gasteiger charge is -2.11. The summed E-state index contributed by atoms with van der Waals surface area (Å²) in [5.41, 5.74) is 0. The number of aliphatic imine (C=N–C) groups is 1. The van der Waals surface area contributed by atoms with Gasteiger partial charge in [-0.05, 0) is 6.26 Å². The summed E-state index contributed by atoms with van der Waals surface area (Å²) in [6.45, 7) is 0.510. The van der Waals surface area contributed by atoms with Gasteiger partial charge in [0.05, 0.1) is 18.8 Å². The minimum absolute atomic E-state index is 0.510. The predicted octanol–water partition coefficient (Wildman–Crippen LogP) is 0.104. The molecule has 1 aliphatic rings. The van der Waals surface area contributed by atoms with Gasteiger partial charge in [0.15, 0.2) is 6.04 Å². The maximum atomic E-state index is 10.4. The molecular weight excluding hydrogens is 164 g/mol. The maximum Gasteiger partial charge on any atom is 0.330 e. The van der Waals surface area contributed by atoms with Crippen molar-refractivity contribution in [3.05, 3.63) is 0 Å². The summed E-state index contributed by atoms with van der Waals surface area (Å²) in [5.74, 6) is -0.0300. The van der Waals surface area contributed by atoms with E-state index in [-0.39, 0.29) is 0 Å². The minimum atomic E-state index is -0.843. The molecule has 0 saturated heterocycles. The molecule has 1 aliphatic heterocycles. The molecule has 11 heavy (non-hydrogen) atoms. The highest BCUT2D eigenvalue weighted by Crippen LogP contribution is 2.06. The SMILES string of the molecule is CSCN1C=NC(C(=O)O)C1. The molecule has 0 aliphatic carbocycles. The van der Waals surface area contributed by atoms with Crippen molar-refractivity contribution in [1.29, 1.82) is 0 Å². The van der Waals surface area contributed by atoms with Crippen molar-refractivity contribution in [2.24, 2.45) is 4.99 Å². The molecule has 0 radical (unpaired) electrons. The summed E-state index contributed by atoms with van der Waals surface area (Å²) < 4.78 is 0. The minimum Gasteiger partial charge on any atom is -0.480 e. The molecule has 1 atom stereocenters. The van der Waals surface area contributed by atoms with Gasteiger partial charge in [-0.25, -0.2) is 4.79 Å². The van der Waals surface area contributed by atoms with E-state index in [2.05, 4.69) is 4.99 Å². The van der Waals surface area contributed by atoms with E-state index in [1.807, 2.05) is 11.2 Å². The zero-order valence-corrected chi connectivity index (χ0v) is 7.04. The lowest BCUT2D eigenvalue weighted by molar-refractivity contribution is -0.138. The van der Waals surface area contributed by atoms with Crippen LogP contribution in [0.5, 0.6) is 0 Å². The van der Waals surface area contributed by atoms with Crippen LogP contribution < -0.4 is 0 Å². The van der Waals surface area contributed by atoms with E-state index >= 15 is 0 Å². The van der Waals surface area contributed by atoms with E-state index in [1.54, 1.807) is 18.1 Å². The summed E-state index contributed by atoms with van der Waals surface area (Å²) >= 11 is 1.65. The van der Waals surface area contributed by atoms with Gasteiger partial charge in [0, 0.05) is 0 Å². The first-order valence-corrected chi connectivity index (χ1v) is 4.62. The third-order valence-corrected chi connectivity index (χ3v) is 1.99. The fourth-order valence-electron chi connectivity index (χ4n) is 0.885. The van der Waals surface area contributed by atoms with E-state index in [4.69, 9.17) is 5.11 Å². The Morgan fingerprint density at radius 2 is 2.73 bits per heavy atom. The smallest absolute Gasteiger partial charge is 0.330 e. The second kappa shape index (κ2) is 3.61. The molecule has 1 rings (SSSR count). The van der Waals surface area contributed by atoms with Gasteiger partial charge < -0.3 is 10.0 Å². The standard InChI is InChI=1S/C6H10N2O2S/c1-11-4-8-2-5(6(9)10)7-3-8/h3,5H,2,4H2,1H3,(H,9,10). The molecule has 0 spiro atoms. The summed E-state index contributed by atoms with van der Waals surface area (Å²) in [7, 11) is 0. The van der Waals surface area contributed by atoms with Crippen molar-refractivity contribution < 1.29 is 9.90 Å². The molecule has 0 bridgehead atoms. The molecule has 1 N–H and O–H groups in total. The molecule has 1 heterocycles. The molecule has 5 heteroatoms. The molecule has 0 aromatic heterocycles. The lowest BCUT2D eigenvalue weighted by Crippen LogP contribution is -2.27. The molecule has 0 amide bonds. The molecule has 0 aromatic carbocycles. The third-order valence-electron chi connectivity index (χ3n) is 1.40. The van der Waals surface area contributed by atoms with E-state index in [0.717, 1.165) is 5.88 Å². The number of carboxylic acid groups (broad SMARTS) is 1. The normalized spacial score (nSPS) is 22.6. The van der Waals surface area contributed by atoms with Crippen LogP contribution in [0.3, 0.4) is 0 Å². The van der Waals surface area contributed by atoms with Crippen LogP contribution in [0.2, 0.25) is 0 Å². The van der Waals surface area contributed by atoms with Crippen LogP contribution in [0.1, 0.15) is 0 Å².